The lowest BCUT2D eigenvalue weighted by Crippen LogP contribution is -2.34. The van der Waals surface area contributed by atoms with E-state index >= 15 is 0 Å². The maximum atomic E-state index is 12.3. The number of rotatable bonds is 2. The monoisotopic (exact) mass is 323 g/mol. The number of halogens is 1. The van der Waals surface area contributed by atoms with Gasteiger partial charge in [0.1, 0.15) is 0 Å². The first-order chi connectivity index (χ1) is 9.06. The van der Waals surface area contributed by atoms with Gasteiger partial charge in [0, 0.05) is 10.5 Å². The summed E-state index contributed by atoms with van der Waals surface area (Å²) in [7, 11) is 0. The Morgan fingerprint density at radius 3 is 2.84 bits per heavy atom. The lowest BCUT2D eigenvalue weighted by atomic mass is 10.0. The standard InChI is InChI=1S/C16H22BrNO/c1-11-4-3-5-13(8-6-11)18-16(19)14-10-12(2)7-9-15(14)17/h7,9-11,13H,3-6,8H2,1-2H3,(H,18,19). The molecule has 2 atom stereocenters. The van der Waals surface area contributed by atoms with Gasteiger partial charge in [0.05, 0.1) is 5.56 Å². The maximum Gasteiger partial charge on any atom is 0.252 e. The van der Waals surface area contributed by atoms with Crippen LogP contribution in [0.1, 0.15) is 54.9 Å². The molecule has 1 aliphatic rings. The van der Waals surface area contributed by atoms with Crippen LogP contribution in [0, 0.1) is 12.8 Å². The molecule has 0 spiro atoms. The van der Waals surface area contributed by atoms with Gasteiger partial charge in [0.25, 0.3) is 5.91 Å². The molecule has 1 aromatic carbocycles. The second-order valence-corrected chi connectivity index (χ2v) is 6.62. The molecule has 2 nitrogen and oxygen atoms in total. The van der Waals surface area contributed by atoms with Crippen molar-refractivity contribution in [1.82, 2.24) is 5.32 Å². The fourth-order valence-electron chi connectivity index (χ4n) is 2.71. The highest BCUT2D eigenvalue weighted by molar-refractivity contribution is 9.10. The van der Waals surface area contributed by atoms with Crippen molar-refractivity contribution >= 4 is 21.8 Å². The predicted octanol–water partition coefficient (Wildman–Crippen LogP) is 4.46. The Morgan fingerprint density at radius 2 is 2.05 bits per heavy atom. The van der Waals surface area contributed by atoms with Gasteiger partial charge in [-0.25, -0.2) is 0 Å². The Bertz CT molecular complexity index is 458. The fraction of sp³-hybridized carbons (Fsp3) is 0.562. The molecule has 104 valence electrons. The molecule has 0 radical (unpaired) electrons. The van der Waals surface area contributed by atoms with Crippen molar-refractivity contribution in [3.05, 3.63) is 33.8 Å². The number of benzene rings is 1. The van der Waals surface area contributed by atoms with Crippen molar-refractivity contribution in [1.29, 1.82) is 0 Å². The van der Waals surface area contributed by atoms with Crippen LogP contribution in [-0.2, 0) is 0 Å². The second-order valence-electron chi connectivity index (χ2n) is 5.77. The molecular formula is C16H22BrNO. The molecule has 1 fully saturated rings. The smallest absolute Gasteiger partial charge is 0.252 e. The van der Waals surface area contributed by atoms with Gasteiger partial charge in [-0.1, -0.05) is 31.4 Å². The zero-order chi connectivity index (χ0) is 13.8. The molecule has 1 N–H and O–H groups in total. The highest BCUT2D eigenvalue weighted by atomic mass is 79.9. The minimum absolute atomic E-state index is 0.0510. The molecule has 2 unspecified atom stereocenters. The number of carbonyl (C=O) groups excluding carboxylic acids is 1. The summed E-state index contributed by atoms with van der Waals surface area (Å²) in [4.78, 5) is 12.3. The molecule has 0 aromatic heterocycles. The van der Waals surface area contributed by atoms with Gasteiger partial charge >= 0.3 is 0 Å². The SMILES string of the molecule is Cc1ccc(Br)c(C(=O)NC2CCCC(C)CC2)c1. The van der Waals surface area contributed by atoms with Crippen LogP contribution in [0.3, 0.4) is 0 Å². The predicted molar refractivity (Wildman–Crippen MR) is 82.4 cm³/mol. The van der Waals surface area contributed by atoms with E-state index in [4.69, 9.17) is 0 Å². The van der Waals surface area contributed by atoms with Crippen molar-refractivity contribution in [3.8, 4) is 0 Å². The van der Waals surface area contributed by atoms with E-state index in [9.17, 15) is 4.79 Å². The summed E-state index contributed by atoms with van der Waals surface area (Å²) in [5, 5.41) is 3.19. The molecule has 0 saturated heterocycles. The van der Waals surface area contributed by atoms with E-state index < -0.39 is 0 Å². The van der Waals surface area contributed by atoms with Gasteiger partial charge in [-0.05, 0) is 60.2 Å². The minimum Gasteiger partial charge on any atom is -0.349 e. The number of hydrogen-bond donors (Lipinski definition) is 1. The van der Waals surface area contributed by atoms with E-state index in [0.29, 0.717) is 6.04 Å². The third-order valence-electron chi connectivity index (χ3n) is 3.96. The van der Waals surface area contributed by atoms with Crippen molar-refractivity contribution in [2.75, 3.05) is 0 Å². The van der Waals surface area contributed by atoms with Crippen LogP contribution in [0.15, 0.2) is 22.7 Å². The number of amides is 1. The summed E-state index contributed by atoms with van der Waals surface area (Å²) in [6, 6.07) is 6.23. The molecule has 1 amide bonds. The van der Waals surface area contributed by atoms with E-state index in [1.165, 1.54) is 19.3 Å². The number of carbonyl (C=O) groups is 1. The van der Waals surface area contributed by atoms with Crippen molar-refractivity contribution in [3.63, 3.8) is 0 Å². The normalized spacial score (nSPS) is 23.7. The number of nitrogens with one attached hydrogen (secondary N) is 1. The van der Waals surface area contributed by atoms with Crippen molar-refractivity contribution in [2.24, 2.45) is 5.92 Å². The highest BCUT2D eigenvalue weighted by Crippen LogP contribution is 2.24. The van der Waals surface area contributed by atoms with Crippen LogP contribution >= 0.6 is 15.9 Å². The summed E-state index contributed by atoms with van der Waals surface area (Å²) in [5.74, 6) is 0.850. The van der Waals surface area contributed by atoms with Gasteiger partial charge < -0.3 is 5.32 Å². The molecule has 19 heavy (non-hydrogen) atoms. The maximum absolute atomic E-state index is 12.3. The van der Waals surface area contributed by atoms with Crippen LogP contribution in [0.25, 0.3) is 0 Å². The molecule has 0 aliphatic heterocycles. The van der Waals surface area contributed by atoms with Gasteiger partial charge in [0.2, 0.25) is 0 Å². The van der Waals surface area contributed by atoms with Gasteiger partial charge in [0.15, 0.2) is 0 Å². The number of hydrogen-bond acceptors (Lipinski definition) is 1. The van der Waals surface area contributed by atoms with Gasteiger partial charge in [-0.2, -0.15) is 0 Å². The van der Waals surface area contributed by atoms with Crippen LogP contribution in [0.4, 0.5) is 0 Å². The van der Waals surface area contributed by atoms with Crippen LogP contribution in [0.5, 0.6) is 0 Å². The van der Waals surface area contributed by atoms with E-state index in [-0.39, 0.29) is 5.91 Å². The molecule has 0 heterocycles. The Hall–Kier alpha value is -0.830. The Balaban J connectivity index is 2.02. The van der Waals surface area contributed by atoms with Crippen LogP contribution in [0.2, 0.25) is 0 Å². The first-order valence-corrected chi connectivity index (χ1v) is 7.92. The molecule has 0 bridgehead atoms. The third-order valence-corrected chi connectivity index (χ3v) is 4.65. The van der Waals surface area contributed by atoms with E-state index in [0.717, 1.165) is 34.4 Å². The summed E-state index contributed by atoms with van der Waals surface area (Å²) in [6.45, 7) is 4.32. The first-order valence-electron chi connectivity index (χ1n) is 7.13. The summed E-state index contributed by atoms with van der Waals surface area (Å²) < 4.78 is 0.873. The lowest BCUT2D eigenvalue weighted by molar-refractivity contribution is 0.0932. The zero-order valence-corrected chi connectivity index (χ0v) is 13.3. The quantitative estimate of drug-likeness (QED) is 0.800. The van der Waals surface area contributed by atoms with Gasteiger partial charge in [-0.15, -0.1) is 0 Å². The molecule has 1 aromatic rings. The Labute approximate surface area is 124 Å². The van der Waals surface area contributed by atoms with Crippen molar-refractivity contribution < 1.29 is 4.79 Å². The summed E-state index contributed by atoms with van der Waals surface area (Å²) in [5.41, 5.74) is 1.86. The van der Waals surface area contributed by atoms with Crippen molar-refractivity contribution in [2.45, 2.75) is 52.0 Å². The molecule has 2 rings (SSSR count). The number of aryl methyl sites for hydroxylation is 1. The first kappa shape index (κ1) is 14.6. The third kappa shape index (κ3) is 4.07. The average Bonchev–Trinajstić information content (AvgIpc) is 2.57. The second kappa shape index (κ2) is 6.56. The van der Waals surface area contributed by atoms with E-state index in [1.54, 1.807) is 0 Å². The van der Waals surface area contributed by atoms with Crippen LogP contribution < -0.4 is 5.32 Å². The largest absolute Gasteiger partial charge is 0.349 e. The molecule has 3 heteroatoms. The highest BCUT2D eigenvalue weighted by Gasteiger charge is 2.19. The topological polar surface area (TPSA) is 29.1 Å². The summed E-state index contributed by atoms with van der Waals surface area (Å²) in [6.07, 6.45) is 5.96. The fourth-order valence-corrected chi connectivity index (χ4v) is 3.13. The average molecular weight is 324 g/mol. The molecule has 1 saturated carbocycles. The molecular weight excluding hydrogens is 302 g/mol. The zero-order valence-electron chi connectivity index (χ0n) is 11.7. The van der Waals surface area contributed by atoms with E-state index in [1.807, 2.05) is 25.1 Å². The van der Waals surface area contributed by atoms with Gasteiger partial charge in [-0.3, -0.25) is 4.79 Å². The summed E-state index contributed by atoms with van der Waals surface area (Å²) >= 11 is 3.46. The lowest BCUT2D eigenvalue weighted by Gasteiger charge is -2.17. The Morgan fingerprint density at radius 1 is 1.26 bits per heavy atom. The molecule has 1 aliphatic carbocycles. The Kier molecular flexibility index (Phi) is 5.03. The minimum atomic E-state index is 0.0510. The van der Waals surface area contributed by atoms with E-state index in [2.05, 4.69) is 28.2 Å². The van der Waals surface area contributed by atoms with Crippen LogP contribution in [-0.4, -0.2) is 11.9 Å².